The highest BCUT2D eigenvalue weighted by molar-refractivity contribution is 5.87. The van der Waals surface area contributed by atoms with Crippen molar-refractivity contribution in [3.8, 4) is 0 Å². The lowest BCUT2D eigenvalue weighted by Gasteiger charge is -2.29. The van der Waals surface area contributed by atoms with E-state index in [1.165, 1.54) is 4.90 Å². The molecule has 0 aliphatic carbocycles. The summed E-state index contributed by atoms with van der Waals surface area (Å²) in [6, 6.07) is -1.45. The topological polar surface area (TPSA) is 112 Å². The Balaban J connectivity index is 1.46. The lowest BCUT2D eigenvalue weighted by atomic mass is 10.0. The summed E-state index contributed by atoms with van der Waals surface area (Å²) >= 11 is 0. The Bertz CT molecular complexity index is 592. The average Bonchev–Trinajstić information content (AvgIpc) is 3.12. The van der Waals surface area contributed by atoms with E-state index in [1.807, 2.05) is 0 Å². The molecular weight excluding hydrogens is 344 g/mol. The minimum absolute atomic E-state index is 0.246. The molecule has 10 nitrogen and oxygen atoms in total. The first-order chi connectivity index (χ1) is 12.2. The van der Waals surface area contributed by atoms with Crippen LogP contribution < -0.4 is 5.48 Å². The van der Waals surface area contributed by atoms with E-state index in [0.29, 0.717) is 44.0 Å². The van der Waals surface area contributed by atoms with E-state index in [0.717, 1.165) is 0 Å². The Morgan fingerprint density at radius 3 is 2.62 bits per heavy atom. The number of fused-ring (bicyclic) bond motifs is 2. The van der Waals surface area contributed by atoms with Crippen LogP contribution >= 0.6 is 0 Å². The van der Waals surface area contributed by atoms with Gasteiger partial charge in [-0.05, 0) is 40.0 Å². The van der Waals surface area contributed by atoms with Crippen LogP contribution in [0.25, 0.3) is 0 Å². The Labute approximate surface area is 151 Å². The van der Waals surface area contributed by atoms with Gasteiger partial charge in [-0.2, -0.15) is 0 Å². The first-order valence-electron chi connectivity index (χ1n) is 8.88. The number of hydrogen-bond donors (Lipinski definition) is 2. The zero-order valence-corrected chi connectivity index (χ0v) is 15.3. The van der Waals surface area contributed by atoms with E-state index in [4.69, 9.17) is 9.57 Å². The maximum Gasteiger partial charge on any atom is 0.410 e. The number of amides is 4. The summed E-state index contributed by atoms with van der Waals surface area (Å²) in [6.45, 7) is 6.56. The Hall–Kier alpha value is -2.07. The van der Waals surface area contributed by atoms with E-state index in [2.05, 4.69) is 5.48 Å². The predicted octanol–water partition coefficient (Wildman–Crippen LogP) is 0.701. The van der Waals surface area contributed by atoms with E-state index < -0.39 is 29.7 Å². The smallest absolute Gasteiger partial charge is 0.410 e. The molecule has 3 rings (SSSR count). The molecule has 146 valence electrons. The molecule has 10 heteroatoms. The third-order valence-electron chi connectivity index (χ3n) is 4.77. The number of nitrogens with zero attached hydrogens (tertiary/aromatic N) is 3. The first-order valence-corrected chi connectivity index (χ1v) is 8.88. The summed E-state index contributed by atoms with van der Waals surface area (Å²) in [7, 11) is 0. The second kappa shape index (κ2) is 6.92. The molecule has 2 N–H and O–H groups in total. The molecular formula is C16H26N4O6. The van der Waals surface area contributed by atoms with E-state index in [9.17, 15) is 19.6 Å². The van der Waals surface area contributed by atoms with Crippen LogP contribution in [0.3, 0.4) is 0 Å². The molecule has 3 aliphatic rings. The number of hydrogen-bond acceptors (Lipinski definition) is 6. The van der Waals surface area contributed by atoms with Gasteiger partial charge in [0.1, 0.15) is 17.7 Å². The maximum absolute atomic E-state index is 12.4. The number of hydroxylamine groups is 3. The molecule has 26 heavy (non-hydrogen) atoms. The fraction of sp³-hybridized carbons (Fsp3) is 0.812. The zero-order chi connectivity index (χ0) is 19.1. The summed E-state index contributed by atoms with van der Waals surface area (Å²) in [5, 5.41) is 10.4. The van der Waals surface area contributed by atoms with Crippen LogP contribution in [0.15, 0.2) is 0 Å². The monoisotopic (exact) mass is 370 g/mol. The Morgan fingerprint density at radius 1 is 1.19 bits per heavy atom. The largest absolute Gasteiger partial charge is 0.444 e. The van der Waals surface area contributed by atoms with Crippen molar-refractivity contribution in [2.24, 2.45) is 0 Å². The van der Waals surface area contributed by atoms with Crippen LogP contribution in [0.2, 0.25) is 0 Å². The number of ether oxygens (including phenoxy) is 1. The summed E-state index contributed by atoms with van der Waals surface area (Å²) in [6.07, 6.45) is 0.883. The van der Waals surface area contributed by atoms with E-state index >= 15 is 0 Å². The summed E-state index contributed by atoms with van der Waals surface area (Å²) in [4.78, 5) is 44.6. The number of likely N-dealkylation sites (tertiary alicyclic amines) is 1. The molecule has 0 saturated carbocycles. The standard InChI is InChI=1S/C16H26N4O6/c1-16(2,3)25-15(23)18-7-6-11(9-18)26-17-13(21)12-5-4-10-8-19(12)14(22)20(10)24/h10-12,24H,4-9H2,1-3H3,(H,17,21)/t10-,11?,12+/m1/s1. The molecule has 0 aromatic heterocycles. The van der Waals surface area contributed by atoms with Crippen molar-refractivity contribution < 1.29 is 29.2 Å². The van der Waals surface area contributed by atoms with Gasteiger partial charge >= 0.3 is 12.1 Å². The quantitative estimate of drug-likeness (QED) is 0.559. The van der Waals surface area contributed by atoms with Gasteiger partial charge in [-0.1, -0.05) is 0 Å². The first kappa shape index (κ1) is 18.7. The van der Waals surface area contributed by atoms with Gasteiger partial charge in [0.15, 0.2) is 0 Å². The molecule has 1 unspecified atom stereocenters. The van der Waals surface area contributed by atoms with E-state index in [-0.39, 0.29) is 12.1 Å². The van der Waals surface area contributed by atoms with Gasteiger partial charge in [0.25, 0.3) is 5.91 Å². The van der Waals surface area contributed by atoms with Crippen LogP contribution in [-0.4, -0.2) is 81.5 Å². The number of urea groups is 1. The molecule has 0 aromatic rings. The van der Waals surface area contributed by atoms with Crippen molar-refractivity contribution in [3.63, 3.8) is 0 Å². The summed E-state index contributed by atoms with van der Waals surface area (Å²) in [5.41, 5.74) is 1.84. The van der Waals surface area contributed by atoms with Crippen molar-refractivity contribution in [3.05, 3.63) is 0 Å². The second-order valence-corrected chi connectivity index (χ2v) is 7.95. The summed E-state index contributed by atoms with van der Waals surface area (Å²) < 4.78 is 5.32. The maximum atomic E-state index is 12.4. The number of nitrogens with one attached hydrogen (secondary N) is 1. The lowest BCUT2D eigenvalue weighted by Crippen LogP contribution is -2.50. The van der Waals surface area contributed by atoms with Gasteiger partial charge in [0.2, 0.25) is 0 Å². The van der Waals surface area contributed by atoms with Crippen molar-refractivity contribution >= 4 is 18.0 Å². The van der Waals surface area contributed by atoms with Crippen molar-refractivity contribution in [1.82, 2.24) is 20.3 Å². The highest BCUT2D eigenvalue weighted by Crippen LogP contribution is 2.28. The van der Waals surface area contributed by atoms with Gasteiger partial charge in [0.05, 0.1) is 12.6 Å². The van der Waals surface area contributed by atoms with Gasteiger partial charge in [-0.15, -0.1) is 0 Å². The predicted molar refractivity (Wildman–Crippen MR) is 88.0 cm³/mol. The second-order valence-electron chi connectivity index (χ2n) is 7.95. The number of rotatable bonds is 3. The van der Waals surface area contributed by atoms with Crippen molar-refractivity contribution in [2.45, 2.75) is 63.8 Å². The van der Waals surface area contributed by atoms with Crippen LogP contribution in [0.4, 0.5) is 9.59 Å². The molecule has 3 atom stereocenters. The van der Waals surface area contributed by atoms with Crippen molar-refractivity contribution in [1.29, 1.82) is 0 Å². The molecule has 3 heterocycles. The number of carbonyl (C=O) groups is 3. The molecule has 0 aromatic carbocycles. The van der Waals surface area contributed by atoms with Crippen LogP contribution in [0, 0.1) is 0 Å². The third-order valence-corrected chi connectivity index (χ3v) is 4.77. The molecule has 0 radical (unpaired) electrons. The van der Waals surface area contributed by atoms with Crippen molar-refractivity contribution in [2.75, 3.05) is 19.6 Å². The van der Waals surface area contributed by atoms with Gasteiger partial charge < -0.3 is 14.5 Å². The third kappa shape index (κ3) is 3.85. The molecule has 0 spiro atoms. The highest BCUT2D eigenvalue weighted by Gasteiger charge is 2.47. The molecule has 2 bridgehead atoms. The lowest BCUT2D eigenvalue weighted by molar-refractivity contribution is -0.143. The summed E-state index contributed by atoms with van der Waals surface area (Å²) in [5.74, 6) is -0.414. The SMILES string of the molecule is CC(C)(C)OC(=O)N1CCC(ONC(=O)[C@@H]2CC[C@@H]3CN2C(=O)N3O)C1. The number of piperidine rings is 1. The van der Waals surface area contributed by atoms with Gasteiger partial charge in [-0.25, -0.2) is 20.1 Å². The van der Waals surface area contributed by atoms with E-state index in [1.54, 1.807) is 25.7 Å². The Kier molecular flexibility index (Phi) is 4.98. The zero-order valence-electron chi connectivity index (χ0n) is 15.3. The normalized spacial score (nSPS) is 28.5. The molecule has 3 saturated heterocycles. The Morgan fingerprint density at radius 2 is 1.92 bits per heavy atom. The fourth-order valence-electron chi connectivity index (χ4n) is 3.45. The van der Waals surface area contributed by atoms with Crippen LogP contribution in [0.5, 0.6) is 0 Å². The van der Waals surface area contributed by atoms with Crippen LogP contribution in [0.1, 0.15) is 40.0 Å². The molecule has 3 fully saturated rings. The minimum Gasteiger partial charge on any atom is -0.444 e. The number of carbonyl (C=O) groups excluding carboxylic acids is 3. The average molecular weight is 370 g/mol. The molecule has 4 amide bonds. The van der Waals surface area contributed by atoms with Crippen LogP contribution in [-0.2, 0) is 14.4 Å². The van der Waals surface area contributed by atoms with Gasteiger partial charge in [-0.3, -0.25) is 14.8 Å². The minimum atomic E-state index is -0.653. The van der Waals surface area contributed by atoms with Gasteiger partial charge in [0, 0.05) is 13.1 Å². The fourth-order valence-corrected chi connectivity index (χ4v) is 3.45. The highest BCUT2D eigenvalue weighted by atomic mass is 16.7. The molecule has 3 aliphatic heterocycles.